The Morgan fingerprint density at radius 2 is 1.78 bits per heavy atom. The first-order valence-corrected chi connectivity index (χ1v) is 7.73. The fourth-order valence-electron chi connectivity index (χ4n) is 2.52. The Balaban J connectivity index is 1.99. The Kier molecular flexibility index (Phi) is 5.50. The van der Waals surface area contributed by atoms with Crippen LogP contribution in [0.2, 0.25) is 5.02 Å². The van der Waals surface area contributed by atoms with Crippen LogP contribution in [0.3, 0.4) is 0 Å². The van der Waals surface area contributed by atoms with Crippen molar-refractivity contribution in [3.8, 4) is 5.75 Å². The monoisotopic (exact) mass is 332 g/mol. The minimum Gasteiger partial charge on any atom is -0.495 e. The standard InChI is InChI=1S/C18H21ClN2O2/c1-11-7-12(2)18(13(3)8-11)21-17(22)10-20-14-5-6-16(23-4)15(19)9-14/h5-9,20H,10H2,1-4H3,(H,21,22). The zero-order valence-electron chi connectivity index (χ0n) is 13.8. The van der Waals surface area contributed by atoms with Crippen molar-refractivity contribution < 1.29 is 9.53 Å². The summed E-state index contributed by atoms with van der Waals surface area (Å²) in [5, 5.41) is 6.51. The van der Waals surface area contributed by atoms with Crippen LogP contribution < -0.4 is 15.4 Å². The number of amides is 1. The number of nitrogens with one attached hydrogen (secondary N) is 2. The van der Waals surface area contributed by atoms with Crippen molar-refractivity contribution in [2.75, 3.05) is 24.3 Å². The van der Waals surface area contributed by atoms with Crippen molar-refractivity contribution in [3.05, 3.63) is 52.0 Å². The molecule has 0 spiro atoms. The van der Waals surface area contributed by atoms with Gasteiger partial charge in [0, 0.05) is 11.4 Å². The van der Waals surface area contributed by atoms with E-state index < -0.39 is 0 Å². The van der Waals surface area contributed by atoms with Gasteiger partial charge in [0.05, 0.1) is 18.7 Å². The highest BCUT2D eigenvalue weighted by molar-refractivity contribution is 6.32. The minimum absolute atomic E-state index is 0.105. The lowest BCUT2D eigenvalue weighted by molar-refractivity contribution is -0.114. The molecule has 0 radical (unpaired) electrons. The molecule has 122 valence electrons. The number of hydrogen-bond acceptors (Lipinski definition) is 3. The maximum absolute atomic E-state index is 12.2. The summed E-state index contributed by atoms with van der Waals surface area (Å²) in [6.45, 7) is 6.19. The van der Waals surface area contributed by atoms with Crippen LogP contribution in [0.25, 0.3) is 0 Å². The topological polar surface area (TPSA) is 50.4 Å². The van der Waals surface area contributed by atoms with Crippen molar-refractivity contribution in [1.29, 1.82) is 0 Å². The minimum atomic E-state index is -0.105. The number of aryl methyl sites for hydroxylation is 3. The first kappa shape index (κ1) is 17.2. The maximum atomic E-state index is 12.2. The van der Waals surface area contributed by atoms with Gasteiger partial charge in [0.2, 0.25) is 5.91 Å². The van der Waals surface area contributed by atoms with Gasteiger partial charge in [-0.3, -0.25) is 4.79 Å². The van der Waals surface area contributed by atoms with E-state index in [0.717, 1.165) is 22.5 Å². The molecule has 2 aromatic rings. The van der Waals surface area contributed by atoms with Crippen molar-refractivity contribution in [1.82, 2.24) is 0 Å². The van der Waals surface area contributed by atoms with Crippen LogP contribution in [-0.4, -0.2) is 19.6 Å². The van der Waals surface area contributed by atoms with E-state index in [1.165, 1.54) is 5.56 Å². The van der Waals surface area contributed by atoms with Gasteiger partial charge in [-0.05, 0) is 50.1 Å². The van der Waals surface area contributed by atoms with Crippen molar-refractivity contribution in [2.24, 2.45) is 0 Å². The Hall–Kier alpha value is -2.20. The molecule has 0 atom stereocenters. The number of anilines is 2. The number of hydrogen-bond donors (Lipinski definition) is 2. The second-order valence-electron chi connectivity index (χ2n) is 5.52. The Bertz CT molecular complexity index is 706. The fraction of sp³-hybridized carbons (Fsp3) is 0.278. The first-order valence-electron chi connectivity index (χ1n) is 7.36. The quantitative estimate of drug-likeness (QED) is 0.857. The highest BCUT2D eigenvalue weighted by atomic mass is 35.5. The second-order valence-corrected chi connectivity index (χ2v) is 5.93. The third-order valence-corrected chi connectivity index (χ3v) is 3.84. The summed E-state index contributed by atoms with van der Waals surface area (Å²) in [5.41, 5.74) is 4.94. The number of halogens is 1. The van der Waals surface area contributed by atoms with Crippen molar-refractivity contribution in [3.63, 3.8) is 0 Å². The summed E-state index contributed by atoms with van der Waals surface area (Å²) in [5.74, 6) is 0.500. The number of ether oxygens (including phenoxy) is 1. The second kappa shape index (κ2) is 7.38. The van der Waals surface area contributed by atoms with E-state index >= 15 is 0 Å². The van der Waals surface area contributed by atoms with E-state index in [2.05, 4.69) is 22.8 Å². The molecule has 0 aliphatic carbocycles. The lowest BCUT2D eigenvalue weighted by atomic mass is 10.1. The molecule has 5 heteroatoms. The summed E-state index contributed by atoms with van der Waals surface area (Å²) in [6, 6.07) is 9.42. The highest BCUT2D eigenvalue weighted by Crippen LogP contribution is 2.27. The fourth-order valence-corrected chi connectivity index (χ4v) is 2.78. The molecule has 2 N–H and O–H groups in total. The van der Waals surface area contributed by atoms with Crippen LogP contribution >= 0.6 is 11.6 Å². The molecule has 0 aliphatic heterocycles. The zero-order chi connectivity index (χ0) is 17.0. The first-order chi connectivity index (χ1) is 10.9. The van der Waals surface area contributed by atoms with E-state index in [4.69, 9.17) is 16.3 Å². The third kappa shape index (κ3) is 4.39. The number of carbonyl (C=O) groups excluding carboxylic acids is 1. The van der Waals surface area contributed by atoms with Gasteiger partial charge >= 0.3 is 0 Å². The van der Waals surface area contributed by atoms with Crippen LogP contribution in [0.1, 0.15) is 16.7 Å². The smallest absolute Gasteiger partial charge is 0.243 e. The normalized spacial score (nSPS) is 10.3. The SMILES string of the molecule is COc1ccc(NCC(=O)Nc2c(C)cc(C)cc2C)cc1Cl. The predicted molar refractivity (Wildman–Crippen MR) is 95.8 cm³/mol. The molecular weight excluding hydrogens is 312 g/mol. The van der Waals surface area contributed by atoms with E-state index in [-0.39, 0.29) is 12.5 Å². The molecule has 0 unspecified atom stereocenters. The maximum Gasteiger partial charge on any atom is 0.243 e. The van der Waals surface area contributed by atoms with Gasteiger partial charge < -0.3 is 15.4 Å². The Morgan fingerprint density at radius 3 is 2.35 bits per heavy atom. The van der Waals surface area contributed by atoms with Gasteiger partial charge in [-0.1, -0.05) is 29.3 Å². The predicted octanol–water partition coefficient (Wildman–Crippen LogP) is 4.32. The number of carbonyl (C=O) groups is 1. The molecule has 2 aromatic carbocycles. The van der Waals surface area contributed by atoms with Gasteiger partial charge in [0.25, 0.3) is 0 Å². The van der Waals surface area contributed by atoms with E-state index in [1.807, 2.05) is 26.8 Å². The molecule has 0 saturated heterocycles. The van der Waals surface area contributed by atoms with Gasteiger partial charge in [-0.15, -0.1) is 0 Å². The molecular formula is C18H21ClN2O2. The van der Waals surface area contributed by atoms with Crippen LogP contribution in [0.4, 0.5) is 11.4 Å². The molecule has 0 fully saturated rings. The zero-order valence-corrected chi connectivity index (χ0v) is 14.5. The summed E-state index contributed by atoms with van der Waals surface area (Å²) in [7, 11) is 1.56. The summed E-state index contributed by atoms with van der Waals surface area (Å²) < 4.78 is 5.10. The van der Waals surface area contributed by atoms with Gasteiger partial charge in [0.15, 0.2) is 0 Å². The molecule has 1 amide bonds. The van der Waals surface area contributed by atoms with E-state index in [9.17, 15) is 4.79 Å². The third-order valence-electron chi connectivity index (χ3n) is 3.55. The number of methoxy groups -OCH3 is 1. The number of rotatable bonds is 5. The summed E-state index contributed by atoms with van der Waals surface area (Å²) in [6.07, 6.45) is 0. The Labute approximate surface area is 141 Å². The Morgan fingerprint density at radius 1 is 1.13 bits per heavy atom. The largest absolute Gasteiger partial charge is 0.495 e. The van der Waals surface area contributed by atoms with Gasteiger partial charge in [-0.25, -0.2) is 0 Å². The van der Waals surface area contributed by atoms with Crippen molar-refractivity contribution >= 4 is 28.9 Å². The average molecular weight is 333 g/mol. The van der Waals surface area contributed by atoms with Crippen LogP contribution in [0, 0.1) is 20.8 Å². The average Bonchev–Trinajstić information content (AvgIpc) is 2.49. The molecule has 4 nitrogen and oxygen atoms in total. The molecule has 0 aliphatic rings. The van der Waals surface area contributed by atoms with E-state index in [0.29, 0.717) is 10.8 Å². The molecule has 0 saturated carbocycles. The summed E-state index contributed by atoms with van der Waals surface area (Å²) >= 11 is 6.07. The lowest BCUT2D eigenvalue weighted by Crippen LogP contribution is -2.22. The highest BCUT2D eigenvalue weighted by Gasteiger charge is 2.09. The van der Waals surface area contributed by atoms with Crippen molar-refractivity contribution in [2.45, 2.75) is 20.8 Å². The molecule has 0 bridgehead atoms. The molecule has 0 aromatic heterocycles. The lowest BCUT2D eigenvalue weighted by Gasteiger charge is -2.14. The summed E-state index contributed by atoms with van der Waals surface area (Å²) in [4.78, 5) is 12.2. The van der Waals surface area contributed by atoms with Crippen LogP contribution in [0.5, 0.6) is 5.75 Å². The molecule has 0 heterocycles. The van der Waals surface area contributed by atoms with Gasteiger partial charge in [0.1, 0.15) is 5.75 Å². The van der Waals surface area contributed by atoms with Crippen LogP contribution in [-0.2, 0) is 4.79 Å². The molecule has 2 rings (SSSR count). The van der Waals surface area contributed by atoms with Crippen LogP contribution in [0.15, 0.2) is 30.3 Å². The van der Waals surface area contributed by atoms with Gasteiger partial charge in [-0.2, -0.15) is 0 Å². The van der Waals surface area contributed by atoms with E-state index in [1.54, 1.807) is 19.2 Å². The molecule has 23 heavy (non-hydrogen) atoms. The number of benzene rings is 2.